The molecule has 0 atom stereocenters. The molecule has 0 aliphatic heterocycles. The Morgan fingerprint density at radius 2 is 2.40 bits per heavy atom. The van der Waals surface area contributed by atoms with E-state index >= 15 is 0 Å². The predicted octanol–water partition coefficient (Wildman–Crippen LogP) is 0.809. The number of rotatable bonds is 4. The Kier molecular flexibility index (Phi) is 3.70. The van der Waals surface area contributed by atoms with Crippen molar-refractivity contribution in [3.8, 4) is 0 Å². The van der Waals surface area contributed by atoms with Crippen molar-refractivity contribution < 1.29 is 18.7 Å². The van der Waals surface area contributed by atoms with Gasteiger partial charge in [-0.2, -0.15) is 4.37 Å². The molecule has 84 valence electrons. The number of halogens is 2. The second-order valence-corrected chi connectivity index (χ2v) is 4.03. The number of alkyl halides is 2. The SMILES string of the molecule is Cc1cc(C(=O)NCC(F)(F)CO)ns1. The van der Waals surface area contributed by atoms with Gasteiger partial charge in [0.1, 0.15) is 12.3 Å². The third-order valence-electron chi connectivity index (χ3n) is 1.60. The van der Waals surface area contributed by atoms with E-state index in [0.717, 1.165) is 16.4 Å². The van der Waals surface area contributed by atoms with E-state index in [1.807, 2.05) is 5.32 Å². The third kappa shape index (κ3) is 3.52. The van der Waals surface area contributed by atoms with Crippen LogP contribution in [0.5, 0.6) is 0 Å². The highest BCUT2D eigenvalue weighted by atomic mass is 32.1. The lowest BCUT2D eigenvalue weighted by Gasteiger charge is -2.12. The van der Waals surface area contributed by atoms with E-state index in [9.17, 15) is 13.6 Å². The number of aliphatic hydroxyl groups is 1. The maximum atomic E-state index is 12.6. The fraction of sp³-hybridized carbons (Fsp3) is 0.500. The normalized spacial score (nSPS) is 11.5. The molecular weight excluding hydrogens is 226 g/mol. The summed E-state index contributed by atoms with van der Waals surface area (Å²) in [6, 6.07) is 1.51. The van der Waals surface area contributed by atoms with Gasteiger partial charge in [-0.25, -0.2) is 8.78 Å². The van der Waals surface area contributed by atoms with Crippen molar-refractivity contribution in [3.05, 3.63) is 16.6 Å². The Bertz CT molecular complexity index is 354. The molecule has 2 N–H and O–H groups in total. The Balaban J connectivity index is 2.50. The van der Waals surface area contributed by atoms with Crippen LogP contribution in [-0.4, -0.2) is 34.5 Å². The first-order valence-electron chi connectivity index (χ1n) is 4.15. The zero-order valence-corrected chi connectivity index (χ0v) is 8.77. The minimum Gasteiger partial charge on any atom is -0.390 e. The van der Waals surface area contributed by atoms with Crippen LogP contribution in [0.1, 0.15) is 15.4 Å². The van der Waals surface area contributed by atoms with Crippen LogP contribution in [0.4, 0.5) is 8.78 Å². The Morgan fingerprint density at radius 3 is 2.87 bits per heavy atom. The van der Waals surface area contributed by atoms with Gasteiger partial charge in [0.15, 0.2) is 0 Å². The van der Waals surface area contributed by atoms with Crippen molar-refractivity contribution >= 4 is 17.4 Å². The van der Waals surface area contributed by atoms with Crippen molar-refractivity contribution in [2.45, 2.75) is 12.8 Å². The van der Waals surface area contributed by atoms with Gasteiger partial charge in [0.25, 0.3) is 11.8 Å². The lowest BCUT2D eigenvalue weighted by Crippen LogP contribution is -2.39. The fourth-order valence-corrected chi connectivity index (χ4v) is 1.37. The third-order valence-corrected chi connectivity index (χ3v) is 2.29. The second kappa shape index (κ2) is 4.63. The molecule has 0 saturated heterocycles. The number of hydrogen-bond acceptors (Lipinski definition) is 4. The minimum absolute atomic E-state index is 0.117. The molecule has 0 radical (unpaired) electrons. The lowest BCUT2D eigenvalue weighted by atomic mass is 10.3. The predicted molar refractivity (Wildman–Crippen MR) is 51.2 cm³/mol. The molecule has 0 fully saturated rings. The summed E-state index contributed by atoms with van der Waals surface area (Å²) in [7, 11) is 0. The molecule has 0 aliphatic carbocycles. The number of aryl methyl sites for hydroxylation is 1. The summed E-state index contributed by atoms with van der Waals surface area (Å²) in [6.07, 6.45) is 0. The molecule has 4 nitrogen and oxygen atoms in total. The number of amides is 1. The number of hydrogen-bond donors (Lipinski definition) is 2. The summed E-state index contributed by atoms with van der Waals surface area (Å²) in [4.78, 5) is 12.1. The summed E-state index contributed by atoms with van der Waals surface area (Å²) in [5, 5.41) is 10.3. The summed E-state index contributed by atoms with van der Waals surface area (Å²) < 4.78 is 28.9. The largest absolute Gasteiger partial charge is 0.390 e. The minimum atomic E-state index is -3.29. The lowest BCUT2D eigenvalue weighted by molar-refractivity contribution is -0.0462. The van der Waals surface area contributed by atoms with E-state index in [1.54, 1.807) is 6.92 Å². The molecule has 1 aromatic heterocycles. The van der Waals surface area contributed by atoms with Crippen LogP contribution in [0.15, 0.2) is 6.07 Å². The number of nitrogens with one attached hydrogen (secondary N) is 1. The quantitative estimate of drug-likeness (QED) is 0.813. The van der Waals surface area contributed by atoms with Crippen LogP contribution < -0.4 is 5.32 Å². The molecule has 15 heavy (non-hydrogen) atoms. The first-order chi connectivity index (χ1) is 6.94. The molecule has 0 bridgehead atoms. The van der Waals surface area contributed by atoms with Crippen molar-refractivity contribution in [2.24, 2.45) is 0 Å². The molecule has 0 spiro atoms. The average molecular weight is 236 g/mol. The molecular formula is C8H10F2N2O2S. The number of nitrogens with zero attached hydrogens (tertiary/aromatic N) is 1. The van der Waals surface area contributed by atoms with Crippen LogP contribution in [0.2, 0.25) is 0 Å². The van der Waals surface area contributed by atoms with Gasteiger partial charge >= 0.3 is 0 Å². The topological polar surface area (TPSA) is 62.2 Å². The highest BCUT2D eigenvalue weighted by Crippen LogP contribution is 2.11. The molecule has 1 aromatic rings. The number of aliphatic hydroxyl groups excluding tert-OH is 1. The van der Waals surface area contributed by atoms with Crippen molar-refractivity contribution in [1.29, 1.82) is 0 Å². The van der Waals surface area contributed by atoms with Crippen LogP contribution in [-0.2, 0) is 0 Å². The number of carbonyl (C=O) groups excluding carboxylic acids is 1. The molecule has 1 amide bonds. The van der Waals surface area contributed by atoms with E-state index in [0.29, 0.717) is 0 Å². The zero-order chi connectivity index (χ0) is 11.5. The van der Waals surface area contributed by atoms with Crippen LogP contribution >= 0.6 is 11.5 Å². The molecule has 0 unspecified atom stereocenters. The van der Waals surface area contributed by atoms with E-state index < -0.39 is 25.0 Å². The van der Waals surface area contributed by atoms with Crippen molar-refractivity contribution in [1.82, 2.24) is 9.69 Å². The van der Waals surface area contributed by atoms with Crippen LogP contribution in [0, 0.1) is 6.92 Å². The maximum absolute atomic E-state index is 12.6. The Labute approximate surface area is 89.1 Å². The Hall–Kier alpha value is -1.08. The van der Waals surface area contributed by atoms with E-state index in [4.69, 9.17) is 5.11 Å². The van der Waals surface area contributed by atoms with Crippen molar-refractivity contribution in [2.75, 3.05) is 13.2 Å². The zero-order valence-electron chi connectivity index (χ0n) is 7.96. The van der Waals surface area contributed by atoms with Gasteiger partial charge in [-0.05, 0) is 24.5 Å². The summed E-state index contributed by atoms with van der Waals surface area (Å²) in [5.41, 5.74) is 0.117. The fourth-order valence-electron chi connectivity index (χ4n) is 0.829. The molecule has 0 aromatic carbocycles. The van der Waals surface area contributed by atoms with Crippen LogP contribution in [0.25, 0.3) is 0 Å². The van der Waals surface area contributed by atoms with Crippen LogP contribution in [0.3, 0.4) is 0 Å². The first-order valence-corrected chi connectivity index (χ1v) is 4.92. The van der Waals surface area contributed by atoms with Crippen molar-refractivity contribution in [3.63, 3.8) is 0 Å². The smallest absolute Gasteiger partial charge is 0.287 e. The number of carbonyl (C=O) groups is 1. The summed E-state index contributed by atoms with van der Waals surface area (Å²) in [6.45, 7) is -0.418. The van der Waals surface area contributed by atoms with E-state index in [2.05, 4.69) is 4.37 Å². The monoisotopic (exact) mass is 236 g/mol. The molecule has 0 saturated carbocycles. The average Bonchev–Trinajstić information content (AvgIpc) is 2.61. The first kappa shape index (κ1) is 12.0. The second-order valence-electron chi connectivity index (χ2n) is 3.02. The van der Waals surface area contributed by atoms with Gasteiger partial charge in [0.05, 0.1) is 6.54 Å². The van der Waals surface area contributed by atoms with Gasteiger partial charge in [-0.3, -0.25) is 4.79 Å². The summed E-state index contributed by atoms with van der Waals surface area (Å²) in [5.74, 6) is -3.95. The van der Waals surface area contributed by atoms with Gasteiger partial charge < -0.3 is 10.4 Å². The Morgan fingerprint density at radius 1 is 1.73 bits per heavy atom. The van der Waals surface area contributed by atoms with E-state index in [-0.39, 0.29) is 5.69 Å². The molecule has 1 heterocycles. The van der Waals surface area contributed by atoms with Gasteiger partial charge in [0, 0.05) is 4.88 Å². The summed E-state index contributed by atoms with van der Waals surface area (Å²) >= 11 is 1.12. The number of aromatic nitrogens is 1. The standard InChI is InChI=1S/C8H10F2N2O2S/c1-5-2-6(12-15-5)7(14)11-3-8(9,10)4-13/h2,13H,3-4H2,1H3,(H,11,14). The van der Waals surface area contributed by atoms with E-state index in [1.165, 1.54) is 6.07 Å². The van der Waals surface area contributed by atoms with Gasteiger partial charge in [-0.1, -0.05) is 0 Å². The molecule has 7 heteroatoms. The van der Waals surface area contributed by atoms with Gasteiger partial charge in [-0.15, -0.1) is 0 Å². The maximum Gasteiger partial charge on any atom is 0.287 e. The highest BCUT2D eigenvalue weighted by Gasteiger charge is 2.28. The molecule has 0 aliphatic rings. The molecule has 1 rings (SSSR count). The van der Waals surface area contributed by atoms with Gasteiger partial charge in [0.2, 0.25) is 0 Å². The highest BCUT2D eigenvalue weighted by molar-refractivity contribution is 7.05.